The van der Waals surface area contributed by atoms with Gasteiger partial charge in [0.05, 0.1) is 30.9 Å². The molecule has 2 aliphatic rings. The first-order chi connectivity index (χ1) is 8.64. The fraction of sp³-hybridized carbons (Fsp3) is 0.462. The first kappa shape index (κ1) is 11.5. The zero-order valence-corrected chi connectivity index (χ0v) is 10.1. The van der Waals surface area contributed by atoms with Crippen molar-refractivity contribution < 1.29 is 19.4 Å². The average Bonchev–Trinajstić information content (AvgIpc) is 2.30. The number of hydrogen-bond acceptors (Lipinski definition) is 4. The van der Waals surface area contributed by atoms with Gasteiger partial charge in [-0.25, -0.2) is 0 Å². The number of carbonyl (C=O) groups excluding carboxylic acids is 1. The molecular formula is C13H15NO4. The van der Waals surface area contributed by atoms with Crippen LogP contribution in [0.5, 0.6) is 5.75 Å². The summed E-state index contributed by atoms with van der Waals surface area (Å²) in [6.07, 6.45) is -0.470. The lowest BCUT2D eigenvalue weighted by Gasteiger charge is -2.40. The van der Waals surface area contributed by atoms with Gasteiger partial charge in [-0.3, -0.25) is 4.79 Å². The van der Waals surface area contributed by atoms with Crippen LogP contribution in [0.1, 0.15) is 12.5 Å². The number of hydrogen-bond donors (Lipinski definition) is 2. The van der Waals surface area contributed by atoms with E-state index in [-0.39, 0.29) is 17.9 Å². The molecule has 0 aliphatic carbocycles. The predicted octanol–water partition coefficient (Wildman–Crippen LogP) is 0.666. The van der Waals surface area contributed by atoms with Crippen molar-refractivity contribution in [3.63, 3.8) is 0 Å². The summed E-state index contributed by atoms with van der Waals surface area (Å²) < 4.78 is 10.7. The third kappa shape index (κ3) is 1.59. The summed E-state index contributed by atoms with van der Waals surface area (Å²) in [5, 5.41) is 12.3. The molecule has 1 unspecified atom stereocenters. The van der Waals surface area contributed by atoms with Crippen LogP contribution in [-0.2, 0) is 14.9 Å². The Morgan fingerprint density at radius 1 is 1.50 bits per heavy atom. The maximum atomic E-state index is 11.6. The molecule has 1 atom stereocenters. The van der Waals surface area contributed by atoms with E-state index in [2.05, 4.69) is 5.32 Å². The van der Waals surface area contributed by atoms with Gasteiger partial charge in [0.2, 0.25) is 0 Å². The standard InChI is InChI=1S/C13H15NO4/c1-8-12(16)14-10-4-9(2-3-11(10)18-8)13(5-15)6-17-7-13/h2-4,8,15H,5-7H2,1H3,(H,14,16). The molecule has 0 saturated carbocycles. The van der Waals surface area contributed by atoms with Crippen LogP contribution in [0.4, 0.5) is 5.69 Å². The molecule has 5 nitrogen and oxygen atoms in total. The zero-order chi connectivity index (χ0) is 12.8. The topological polar surface area (TPSA) is 67.8 Å². The van der Waals surface area contributed by atoms with Crippen molar-refractivity contribution in [1.82, 2.24) is 0 Å². The van der Waals surface area contributed by atoms with Crippen LogP contribution in [-0.4, -0.2) is 36.9 Å². The quantitative estimate of drug-likeness (QED) is 0.808. The molecule has 0 spiro atoms. The van der Waals surface area contributed by atoms with E-state index in [0.717, 1.165) is 5.56 Å². The Kier molecular flexibility index (Phi) is 2.53. The molecule has 0 radical (unpaired) electrons. The van der Waals surface area contributed by atoms with Crippen molar-refractivity contribution in [2.24, 2.45) is 0 Å². The Labute approximate surface area is 105 Å². The molecule has 0 aromatic heterocycles. The van der Waals surface area contributed by atoms with E-state index in [1.807, 2.05) is 18.2 Å². The fourth-order valence-electron chi connectivity index (χ4n) is 2.24. The number of fused-ring (bicyclic) bond motifs is 1. The van der Waals surface area contributed by atoms with Crippen molar-refractivity contribution in [1.29, 1.82) is 0 Å². The van der Waals surface area contributed by atoms with Crippen LogP contribution in [0, 0.1) is 0 Å². The van der Waals surface area contributed by atoms with Crippen molar-refractivity contribution in [2.75, 3.05) is 25.1 Å². The monoisotopic (exact) mass is 249 g/mol. The number of amides is 1. The molecule has 18 heavy (non-hydrogen) atoms. The largest absolute Gasteiger partial charge is 0.479 e. The summed E-state index contributed by atoms with van der Waals surface area (Å²) in [6, 6.07) is 5.61. The molecule has 2 aliphatic heterocycles. The summed E-state index contributed by atoms with van der Waals surface area (Å²) >= 11 is 0. The molecule has 2 N–H and O–H groups in total. The summed E-state index contributed by atoms with van der Waals surface area (Å²) in [6.45, 7) is 2.76. The lowest BCUT2D eigenvalue weighted by molar-refractivity contribution is -0.122. The highest BCUT2D eigenvalue weighted by atomic mass is 16.5. The summed E-state index contributed by atoms with van der Waals surface area (Å²) in [4.78, 5) is 11.6. The number of benzene rings is 1. The van der Waals surface area contributed by atoms with Gasteiger partial charge < -0.3 is 19.9 Å². The van der Waals surface area contributed by atoms with Gasteiger partial charge in [0.15, 0.2) is 6.10 Å². The second kappa shape index (κ2) is 3.96. The Bertz CT molecular complexity index is 490. The van der Waals surface area contributed by atoms with Crippen LogP contribution in [0.2, 0.25) is 0 Å². The lowest BCUT2D eigenvalue weighted by atomic mass is 9.79. The third-order valence-corrected chi connectivity index (χ3v) is 3.58. The molecule has 1 amide bonds. The summed E-state index contributed by atoms with van der Waals surface area (Å²) in [5.74, 6) is 0.515. The van der Waals surface area contributed by atoms with Crippen LogP contribution in [0.3, 0.4) is 0 Å². The first-order valence-corrected chi connectivity index (χ1v) is 5.95. The predicted molar refractivity (Wildman–Crippen MR) is 64.7 cm³/mol. The fourth-order valence-corrected chi connectivity index (χ4v) is 2.24. The Morgan fingerprint density at radius 2 is 2.28 bits per heavy atom. The minimum Gasteiger partial charge on any atom is -0.479 e. The van der Waals surface area contributed by atoms with Crippen LogP contribution < -0.4 is 10.1 Å². The second-order valence-corrected chi connectivity index (χ2v) is 4.89. The molecule has 96 valence electrons. The Hall–Kier alpha value is -1.59. The Morgan fingerprint density at radius 3 is 2.89 bits per heavy atom. The maximum Gasteiger partial charge on any atom is 0.265 e. The molecular weight excluding hydrogens is 234 g/mol. The van der Waals surface area contributed by atoms with Gasteiger partial charge in [-0.2, -0.15) is 0 Å². The van der Waals surface area contributed by atoms with E-state index < -0.39 is 6.10 Å². The van der Waals surface area contributed by atoms with Gasteiger partial charge in [0, 0.05) is 0 Å². The van der Waals surface area contributed by atoms with Gasteiger partial charge in [-0.15, -0.1) is 0 Å². The van der Waals surface area contributed by atoms with Crippen molar-refractivity contribution >= 4 is 11.6 Å². The Balaban J connectivity index is 1.96. The lowest BCUT2D eigenvalue weighted by Crippen LogP contribution is -2.49. The maximum absolute atomic E-state index is 11.6. The minimum atomic E-state index is -0.470. The number of anilines is 1. The number of aliphatic hydroxyl groups excluding tert-OH is 1. The van der Waals surface area contributed by atoms with E-state index in [1.54, 1.807) is 6.92 Å². The van der Waals surface area contributed by atoms with E-state index in [9.17, 15) is 9.90 Å². The van der Waals surface area contributed by atoms with Gasteiger partial charge in [0.1, 0.15) is 5.75 Å². The number of ether oxygens (including phenoxy) is 2. The minimum absolute atomic E-state index is 0.0387. The highest BCUT2D eigenvalue weighted by molar-refractivity contribution is 5.97. The van der Waals surface area contributed by atoms with E-state index in [1.165, 1.54) is 0 Å². The zero-order valence-electron chi connectivity index (χ0n) is 10.1. The molecule has 1 fully saturated rings. The summed E-state index contributed by atoms with van der Waals surface area (Å²) in [5.41, 5.74) is 1.30. The molecule has 5 heteroatoms. The molecule has 2 heterocycles. The summed E-state index contributed by atoms with van der Waals surface area (Å²) in [7, 11) is 0. The van der Waals surface area contributed by atoms with Gasteiger partial charge in [-0.1, -0.05) is 6.07 Å². The van der Waals surface area contributed by atoms with E-state index >= 15 is 0 Å². The number of rotatable bonds is 2. The third-order valence-electron chi connectivity index (χ3n) is 3.58. The number of nitrogens with one attached hydrogen (secondary N) is 1. The van der Waals surface area contributed by atoms with E-state index in [4.69, 9.17) is 9.47 Å². The van der Waals surface area contributed by atoms with Crippen molar-refractivity contribution in [3.05, 3.63) is 23.8 Å². The van der Waals surface area contributed by atoms with Gasteiger partial charge in [0.25, 0.3) is 5.91 Å². The second-order valence-electron chi connectivity index (χ2n) is 4.89. The number of carbonyl (C=O) groups is 1. The van der Waals surface area contributed by atoms with Crippen LogP contribution >= 0.6 is 0 Å². The first-order valence-electron chi connectivity index (χ1n) is 5.95. The number of aliphatic hydroxyl groups is 1. The van der Waals surface area contributed by atoms with Crippen molar-refractivity contribution in [3.8, 4) is 5.75 Å². The molecule has 3 rings (SSSR count). The van der Waals surface area contributed by atoms with E-state index in [0.29, 0.717) is 24.7 Å². The highest BCUT2D eigenvalue weighted by Crippen LogP contribution is 2.37. The normalized spacial score (nSPS) is 24.6. The molecule has 1 aromatic rings. The molecule has 0 bridgehead atoms. The van der Waals surface area contributed by atoms with Gasteiger partial charge in [-0.05, 0) is 24.6 Å². The average molecular weight is 249 g/mol. The SMILES string of the molecule is CC1Oc2ccc(C3(CO)COC3)cc2NC1=O. The highest BCUT2D eigenvalue weighted by Gasteiger charge is 2.40. The van der Waals surface area contributed by atoms with Gasteiger partial charge >= 0.3 is 0 Å². The van der Waals surface area contributed by atoms with Crippen LogP contribution in [0.15, 0.2) is 18.2 Å². The van der Waals surface area contributed by atoms with Crippen LogP contribution in [0.25, 0.3) is 0 Å². The van der Waals surface area contributed by atoms with Crippen molar-refractivity contribution in [2.45, 2.75) is 18.4 Å². The smallest absolute Gasteiger partial charge is 0.265 e. The molecule has 1 saturated heterocycles. The molecule has 1 aromatic carbocycles.